The second-order valence-corrected chi connectivity index (χ2v) is 6.16. The highest BCUT2D eigenvalue weighted by atomic mass is 32.2. The Morgan fingerprint density at radius 1 is 1.62 bits per heavy atom. The predicted octanol–water partition coefficient (Wildman–Crippen LogP) is 2.02. The summed E-state index contributed by atoms with van der Waals surface area (Å²) in [5.74, 6) is 0. The standard InChI is InChI=1S/C8H12N2OS2/c1-8(2,3)13(11)10-4-7-5-12-6-9-7/h4-6H,1-3H3/b10-4+/t13-/m0/s1. The van der Waals surface area contributed by atoms with Crippen LogP contribution in [0.5, 0.6) is 0 Å². The summed E-state index contributed by atoms with van der Waals surface area (Å²) in [7, 11) is -1.19. The monoisotopic (exact) mass is 216 g/mol. The molecule has 0 N–H and O–H groups in total. The molecule has 0 bridgehead atoms. The largest absolute Gasteiger partial charge is 0.244 e. The normalized spacial score (nSPS) is 15.0. The Bertz CT molecular complexity index is 311. The van der Waals surface area contributed by atoms with E-state index in [4.69, 9.17) is 0 Å². The Hall–Kier alpha value is -0.550. The maximum atomic E-state index is 11.4. The molecule has 0 aliphatic rings. The minimum absolute atomic E-state index is 0.299. The van der Waals surface area contributed by atoms with E-state index in [1.54, 1.807) is 11.7 Å². The fraction of sp³-hybridized carbons (Fsp3) is 0.500. The van der Waals surface area contributed by atoms with Crippen molar-refractivity contribution in [2.45, 2.75) is 25.5 Å². The van der Waals surface area contributed by atoms with Crippen LogP contribution in [0.3, 0.4) is 0 Å². The van der Waals surface area contributed by atoms with Gasteiger partial charge >= 0.3 is 0 Å². The molecule has 1 atom stereocenters. The Kier molecular flexibility index (Phi) is 3.33. The van der Waals surface area contributed by atoms with Gasteiger partial charge in [0.05, 0.1) is 22.2 Å². The quantitative estimate of drug-likeness (QED) is 0.710. The smallest absolute Gasteiger partial charge is 0.144 e. The van der Waals surface area contributed by atoms with Gasteiger partial charge in [-0.2, -0.15) is 4.40 Å². The van der Waals surface area contributed by atoms with E-state index in [9.17, 15) is 4.21 Å². The minimum atomic E-state index is -1.19. The van der Waals surface area contributed by atoms with Gasteiger partial charge in [-0.05, 0) is 20.8 Å². The van der Waals surface area contributed by atoms with Crippen LogP contribution in [0.25, 0.3) is 0 Å². The molecule has 0 saturated carbocycles. The maximum Gasteiger partial charge on any atom is 0.144 e. The van der Waals surface area contributed by atoms with Crippen molar-refractivity contribution in [3.8, 4) is 0 Å². The molecule has 1 aromatic heterocycles. The Balaban J connectivity index is 2.65. The molecule has 0 aliphatic heterocycles. The van der Waals surface area contributed by atoms with Gasteiger partial charge in [0, 0.05) is 5.38 Å². The molecule has 0 fully saturated rings. The molecule has 0 spiro atoms. The molecular weight excluding hydrogens is 204 g/mol. The summed E-state index contributed by atoms with van der Waals surface area (Å²) in [5.41, 5.74) is 2.49. The molecule has 5 heteroatoms. The van der Waals surface area contributed by atoms with E-state index in [1.165, 1.54) is 11.3 Å². The van der Waals surface area contributed by atoms with Crippen molar-refractivity contribution in [2.24, 2.45) is 4.40 Å². The van der Waals surface area contributed by atoms with Crippen molar-refractivity contribution in [3.63, 3.8) is 0 Å². The summed E-state index contributed by atoms with van der Waals surface area (Å²) < 4.78 is 15.1. The Morgan fingerprint density at radius 2 is 2.31 bits per heavy atom. The fourth-order valence-electron chi connectivity index (χ4n) is 0.546. The number of hydrogen-bond donors (Lipinski definition) is 0. The zero-order valence-corrected chi connectivity index (χ0v) is 9.48. The van der Waals surface area contributed by atoms with Gasteiger partial charge in [-0.3, -0.25) is 0 Å². The van der Waals surface area contributed by atoms with Crippen LogP contribution >= 0.6 is 11.3 Å². The predicted molar refractivity (Wildman–Crippen MR) is 57.6 cm³/mol. The van der Waals surface area contributed by atoms with Crippen LogP contribution in [0.4, 0.5) is 0 Å². The van der Waals surface area contributed by atoms with E-state index in [0.29, 0.717) is 0 Å². The first-order valence-corrected chi connectivity index (χ1v) is 5.89. The molecule has 72 valence electrons. The number of thiazole rings is 1. The van der Waals surface area contributed by atoms with Crippen LogP contribution in [0.1, 0.15) is 26.5 Å². The van der Waals surface area contributed by atoms with Crippen molar-refractivity contribution in [1.29, 1.82) is 0 Å². The van der Waals surface area contributed by atoms with Gasteiger partial charge in [0.15, 0.2) is 0 Å². The van der Waals surface area contributed by atoms with Crippen LogP contribution < -0.4 is 0 Å². The Labute approximate surface area is 84.5 Å². The van der Waals surface area contributed by atoms with Crippen LogP contribution in [-0.4, -0.2) is 20.2 Å². The lowest BCUT2D eigenvalue weighted by molar-refractivity contribution is 0.651. The van der Waals surface area contributed by atoms with Crippen molar-refractivity contribution < 1.29 is 4.21 Å². The van der Waals surface area contributed by atoms with Crippen molar-refractivity contribution in [2.75, 3.05) is 0 Å². The summed E-state index contributed by atoms with van der Waals surface area (Å²) in [6.45, 7) is 5.67. The van der Waals surface area contributed by atoms with Gasteiger partial charge in [-0.25, -0.2) is 9.19 Å². The first kappa shape index (κ1) is 10.5. The highest BCUT2D eigenvalue weighted by molar-refractivity contribution is 7.85. The summed E-state index contributed by atoms with van der Waals surface area (Å²) >= 11 is 1.50. The second-order valence-electron chi connectivity index (χ2n) is 3.51. The van der Waals surface area contributed by atoms with E-state index < -0.39 is 11.0 Å². The van der Waals surface area contributed by atoms with Crippen molar-refractivity contribution in [1.82, 2.24) is 4.98 Å². The van der Waals surface area contributed by atoms with Crippen molar-refractivity contribution >= 4 is 28.5 Å². The van der Waals surface area contributed by atoms with E-state index in [0.717, 1.165) is 5.69 Å². The highest BCUT2D eigenvalue weighted by Crippen LogP contribution is 2.12. The summed E-state index contributed by atoms with van der Waals surface area (Å²) in [6.07, 6.45) is 1.55. The molecule has 0 unspecified atom stereocenters. The van der Waals surface area contributed by atoms with Crippen molar-refractivity contribution in [3.05, 3.63) is 16.6 Å². The maximum absolute atomic E-state index is 11.4. The van der Waals surface area contributed by atoms with Crippen LogP contribution in [0.15, 0.2) is 15.3 Å². The van der Waals surface area contributed by atoms with Crippen LogP contribution in [-0.2, 0) is 11.0 Å². The lowest BCUT2D eigenvalue weighted by atomic mass is 10.3. The number of nitrogens with zero attached hydrogens (tertiary/aromatic N) is 2. The topological polar surface area (TPSA) is 42.3 Å². The number of hydrogen-bond acceptors (Lipinski definition) is 3. The van der Waals surface area contributed by atoms with Gasteiger partial charge in [0.25, 0.3) is 0 Å². The molecule has 0 amide bonds. The van der Waals surface area contributed by atoms with Gasteiger partial charge in [-0.1, -0.05) is 0 Å². The molecule has 0 aliphatic carbocycles. The third-order valence-electron chi connectivity index (χ3n) is 1.26. The third kappa shape index (κ3) is 3.36. The molecule has 1 aromatic rings. The zero-order chi connectivity index (χ0) is 9.90. The van der Waals surface area contributed by atoms with E-state index >= 15 is 0 Å². The van der Waals surface area contributed by atoms with Gasteiger partial charge in [0.2, 0.25) is 0 Å². The van der Waals surface area contributed by atoms with Gasteiger partial charge in [-0.15, -0.1) is 11.3 Å². The summed E-state index contributed by atoms with van der Waals surface area (Å²) in [6, 6.07) is 0. The molecule has 0 radical (unpaired) electrons. The zero-order valence-electron chi connectivity index (χ0n) is 7.85. The second kappa shape index (κ2) is 4.11. The van der Waals surface area contributed by atoms with Gasteiger partial charge < -0.3 is 0 Å². The molecule has 13 heavy (non-hydrogen) atoms. The fourth-order valence-corrected chi connectivity index (χ4v) is 1.57. The SMILES string of the molecule is CC(C)(C)[S@](=O)/N=C/c1cscn1. The highest BCUT2D eigenvalue weighted by Gasteiger charge is 2.18. The molecule has 1 rings (SSSR count). The van der Waals surface area contributed by atoms with E-state index in [2.05, 4.69) is 9.38 Å². The van der Waals surface area contributed by atoms with Gasteiger partial charge in [0.1, 0.15) is 11.0 Å². The minimum Gasteiger partial charge on any atom is -0.244 e. The number of aromatic nitrogens is 1. The molecule has 3 nitrogen and oxygen atoms in total. The molecule has 0 aromatic carbocycles. The first-order chi connectivity index (χ1) is 6.00. The third-order valence-corrected chi connectivity index (χ3v) is 3.21. The summed E-state index contributed by atoms with van der Waals surface area (Å²) in [4.78, 5) is 4.01. The molecule has 1 heterocycles. The summed E-state index contributed by atoms with van der Waals surface area (Å²) in [5, 5.41) is 1.86. The Morgan fingerprint density at radius 3 is 2.77 bits per heavy atom. The first-order valence-electron chi connectivity index (χ1n) is 3.84. The van der Waals surface area contributed by atoms with E-state index in [1.807, 2.05) is 26.2 Å². The number of rotatable bonds is 2. The lowest BCUT2D eigenvalue weighted by Crippen LogP contribution is -2.19. The lowest BCUT2D eigenvalue weighted by Gasteiger charge is -2.12. The average Bonchev–Trinajstić information content (AvgIpc) is 2.50. The molecule has 0 saturated heterocycles. The average molecular weight is 216 g/mol. The van der Waals surface area contributed by atoms with E-state index in [-0.39, 0.29) is 4.75 Å². The van der Waals surface area contributed by atoms with Crippen LogP contribution in [0, 0.1) is 0 Å². The van der Waals surface area contributed by atoms with Crippen LogP contribution in [0.2, 0.25) is 0 Å². The molecular formula is C8H12N2OS2.